The van der Waals surface area contributed by atoms with E-state index in [2.05, 4.69) is 11.2 Å². The molecule has 100 valence electrons. The number of benzene rings is 1. The Labute approximate surface area is 110 Å². The second-order valence-corrected chi connectivity index (χ2v) is 2.69. The van der Waals surface area contributed by atoms with Crippen LogP contribution < -0.4 is 11.5 Å². The van der Waals surface area contributed by atoms with E-state index in [1.54, 1.807) is 12.1 Å². The molecule has 4 heteroatoms. The fourth-order valence-electron chi connectivity index (χ4n) is 1.23. The van der Waals surface area contributed by atoms with Crippen LogP contribution in [0, 0.1) is 12.3 Å². The third-order valence-corrected chi connectivity index (χ3v) is 1.89. The lowest BCUT2D eigenvalue weighted by molar-refractivity contribution is -0.112. The zero-order chi connectivity index (χ0) is 13.4. The fraction of sp³-hybridized carbons (Fsp3) is 0.286. The van der Waals surface area contributed by atoms with E-state index >= 15 is 0 Å². The van der Waals surface area contributed by atoms with Crippen molar-refractivity contribution < 1.29 is 11.0 Å². The number of amides is 1. The normalized spacial score (nSPS) is 10.4. The Balaban J connectivity index is -0.000000392. The standard InChI is InChI=1S/C10H5NO2.2C2H6.H3N.H2/c1-2-6-3-4-8-7(5-6)9(12)10(13)11-8;2*1-2;;/h1,3-5H,(H,11,12,13);2*1-2H3;1H3;1H. The van der Waals surface area contributed by atoms with Gasteiger partial charge in [0, 0.05) is 6.99 Å². The number of nitrogens with one attached hydrogen (secondary N) is 1. The first kappa shape index (κ1) is 18.3. The number of hydrogen-bond donors (Lipinski definition) is 2. The summed E-state index contributed by atoms with van der Waals surface area (Å²) in [6.07, 6.45) is 5.16. The van der Waals surface area contributed by atoms with Gasteiger partial charge in [0.25, 0.3) is 11.7 Å². The van der Waals surface area contributed by atoms with Crippen molar-refractivity contribution in [1.29, 1.82) is 0 Å². The molecule has 1 amide bonds. The van der Waals surface area contributed by atoms with Gasteiger partial charge < -0.3 is 11.5 Å². The molecule has 1 heterocycles. The number of fused-ring (bicyclic) bond motifs is 1. The Morgan fingerprint density at radius 3 is 2.22 bits per heavy atom. The van der Waals surface area contributed by atoms with Gasteiger partial charge in [0.2, 0.25) is 0 Å². The van der Waals surface area contributed by atoms with Crippen LogP contribution in [-0.2, 0) is 4.79 Å². The number of carbonyl (C=O) groups is 2. The molecule has 0 saturated heterocycles. The third kappa shape index (κ3) is 3.72. The molecule has 4 N–H and O–H groups in total. The Bertz CT molecular complexity index is 465. The van der Waals surface area contributed by atoms with Gasteiger partial charge in [-0.05, 0) is 18.2 Å². The van der Waals surface area contributed by atoms with Crippen LogP contribution in [0.25, 0.3) is 0 Å². The highest BCUT2D eigenvalue weighted by Gasteiger charge is 2.27. The van der Waals surface area contributed by atoms with Crippen molar-refractivity contribution in [2.75, 3.05) is 5.32 Å². The summed E-state index contributed by atoms with van der Waals surface area (Å²) in [4.78, 5) is 22.1. The molecule has 0 radical (unpaired) electrons. The molecule has 0 saturated carbocycles. The monoisotopic (exact) mass is 250 g/mol. The van der Waals surface area contributed by atoms with Crippen molar-refractivity contribution in [3.05, 3.63) is 29.3 Å². The number of terminal acetylenes is 1. The number of ketones is 1. The first-order chi connectivity index (χ1) is 8.22. The summed E-state index contributed by atoms with van der Waals surface area (Å²) in [6, 6.07) is 4.85. The summed E-state index contributed by atoms with van der Waals surface area (Å²) in [5.41, 5.74) is 1.50. The molecule has 4 nitrogen and oxygen atoms in total. The lowest BCUT2D eigenvalue weighted by Gasteiger charge is -1.95. The number of carbonyl (C=O) groups excluding carboxylic acids is 2. The lowest BCUT2D eigenvalue weighted by atomic mass is 10.1. The molecule has 0 aromatic heterocycles. The number of anilines is 1. The van der Waals surface area contributed by atoms with Crippen LogP contribution in [-0.4, -0.2) is 11.7 Å². The maximum atomic E-state index is 11.2. The topological polar surface area (TPSA) is 81.2 Å². The van der Waals surface area contributed by atoms with Crippen LogP contribution in [0.1, 0.15) is 45.0 Å². The molecule has 0 fully saturated rings. The van der Waals surface area contributed by atoms with E-state index in [-0.39, 0.29) is 7.58 Å². The van der Waals surface area contributed by atoms with Gasteiger partial charge in [-0.15, -0.1) is 6.42 Å². The second-order valence-electron chi connectivity index (χ2n) is 2.69. The fourth-order valence-corrected chi connectivity index (χ4v) is 1.23. The summed E-state index contributed by atoms with van der Waals surface area (Å²) < 4.78 is 0. The number of rotatable bonds is 0. The zero-order valence-corrected chi connectivity index (χ0v) is 11.3. The van der Waals surface area contributed by atoms with Gasteiger partial charge in [-0.2, -0.15) is 0 Å². The molecule has 0 unspecified atom stereocenters. The van der Waals surface area contributed by atoms with E-state index in [1.807, 2.05) is 27.7 Å². The van der Waals surface area contributed by atoms with Crippen LogP contribution in [0.4, 0.5) is 5.69 Å². The molecule has 1 aliphatic heterocycles. The van der Waals surface area contributed by atoms with E-state index in [9.17, 15) is 9.59 Å². The third-order valence-electron chi connectivity index (χ3n) is 1.89. The van der Waals surface area contributed by atoms with Crippen LogP contribution in [0.3, 0.4) is 0 Å². The lowest BCUT2D eigenvalue weighted by Crippen LogP contribution is -2.12. The van der Waals surface area contributed by atoms with Gasteiger partial charge in [0.1, 0.15) is 0 Å². The molecular formula is C14H22N2O2. The molecule has 1 aromatic carbocycles. The van der Waals surface area contributed by atoms with Crippen LogP contribution in [0.5, 0.6) is 0 Å². The maximum Gasteiger partial charge on any atom is 0.296 e. The van der Waals surface area contributed by atoms with Crippen molar-refractivity contribution in [2.24, 2.45) is 0 Å². The number of hydrogen-bond acceptors (Lipinski definition) is 3. The van der Waals surface area contributed by atoms with Gasteiger partial charge in [-0.3, -0.25) is 9.59 Å². The molecule has 2 rings (SSSR count). The summed E-state index contributed by atoms with van der Waals surface area (Å²) in [7, 11) is 0. The average molecular weight is 250 g/mol. The Morgan fingerprint density at radius 1 is 1.17 bits per heavy atom. The Morgan fingerprint density at radius 2 is 1.72 bits per heavy atom. The number of Topliss-reactive ketones (excluding diaryl/α,β-unsaturated/α-hetero) is 1. The minimum Gasteiger partial charge on any atom is -0.344 e. The second kappa shape index (κ2) is 8.97. The summed E-state index contributed by atoms with van der Waals surface area (Å²) in [5.74, 6) is 1.29. The molecule has 0 spiro atoms. The van der Waals surface area contributed by atoms with Crippen molar-refractivity contribution in [3.63, 3.8) is 0 Å². The minimum atomic E-state index is -0.593. The van der Waals surface area contributed by atoms with E-state index < -0.39 is 11.7 Å². The van der Waals surface area contributed by atoms with Crippen LogP contribution >= 0.6 is 0 Å². The van der Waals surface area contributed by atoms with Crippen molar-refractivity contribution in [2.45, 2.75) is 27.7 Å². The molecule has 0 aliphatic carbocycles. The Hall–Kier alpha value is -2.12. The molecule has 0 atom stereocenters. The van der Waals surface area contributed by atoms with E-state index in [0.717, 1.165) is 0 Å². The van der Waals surface area contributed by atoms with Gasteiger partial charge >= 0.3 is 0 Å². The largest absolute Gasteiger partial charge is 0.344 e. The molecule has 0 bridgehead atoms. The minimum absolute atomic E-state index is 0. The highest BCUT2D eigenvalue weighted by atomic mass is 16.2. The van der Waals surface area contributed by atoms with Gasteiger partial charge in [-0.1, -0.05) is 33.6 Å². The average Bonchev–Trinajstić information content (AvgIpc) is 2.69. The highest BCUT2D eigenvalue weighted by Crippen LogP contribution is 2.23. The Kier molecular flexibility index (Phi) is 9.09. The molecule has 18 heavy (non-hydrogen) atoms. The first-order valence-electron chi connectivity index (χ1n) is 5.68. The summed E-state index contributed by atoms with van der Waals surface area (Å²) >= 11 is 0. The highest BCUT2D eigenvalue weighted by molar-refractivity contribution is 6.51. The van der Waals surface area contributed by atoms with Crippen molar-refractivity contribution >= 4 is 17.4 Å². The zero-order valence-electron chi connectivity index (χ0n) is 11.3. The van der Waals surface area contributed by atoms with E-state index in [4.69, 9.17) is 6.42 Å². The molecule has 1 aliphatic rings. The maximum absolute atomic E-state index is 11.2. The van der Waals surface area contributed by atoms with Gasteiger partial charge in [-0.25, -0.2) is 0 Å². The summed E-state index contributed by atoms with van der Waals surface area (Å²) in [5, 5.41) is 2.44. The predicted molar refractivity (Wildman–Crippen MR) is 77.2 cm³/mol. The quantitative estimate of drug-likeness (QED) is 0.547. The van der Waals surface area contributed by atoms with Gasteiger partial charge in [0.15, 0.2) is 0 Å². The van der Waals surface area contributed by atoms with Crippen LogP contribution in [0.2, 0.25) is 0 Å². The molecular weight excluding hydrogens is 228 g/mol. The molecule has 1 aromatic rings. The van der Waals surface area contributed by atoms with E-state index in [1.165, 1.54) is 6.07 Å². The van der Waals surface area contributed by atoms with Gasteiger partial charge in [0.05, 0.1) is 11.3 Å². The smallest absolute Gasteiger partial charge is 0.296 e. The summed E-state index contributed by atoms with van der Waals surface area (Å²) in [6.45, 7) is 8.00. The SMILES string of the molecule is C#Cc1ccc2c(c1)C(=O)C(=O)N2.CC.CC.N.[HH]. The van der Waals surface area contributed by atoms with Crippen LogP contribution in [0.15, 0.2) is 18.2 Å². The van der Waals surface area contributed by atoms with Crippen molar-refractivity contribution in [1.82, 2.24) is 6.15 Å². The van der Waals surface area contributed by atoms with E-state index in [0.29, 0.717) is 16.8 Å². The predicted octanol–water partition coefficient (Wildman–Crippen LogP) is 3.26. The van der Waals surface area contributed by atoms with Crippen molar-refractivity contribution in [3.8, 4) is 12.3 Å². The first-order valence-corrected chi connectivity index (χ1v) is 5.68.